The number of carbonyl (C=O) groups excluding carboxylic acids is 17. The maximum absolute atomic E-state index is 15.5. The number of hydrogen-bond donors (Lipinski definition) is 15. The highest BCUT2D eigenvalue weighted by Gasteiger charge is 2.42. The molecule has 3 aromatic carbocycles. The van der Waals surface area contributed by atoms with Crippen molar-refractivity contribution < 1.29 is 115 Å². The standard InChI is InChI=1S/C107H163Cl2N15O24S/c1-63(2)54-82(95(131)112-69(12)91(127)114-79(47-49-89(125)146-74-34-19-17-20-35-74)93(129)118-85(57-66(7)8)99(135)121-84(56-65(5)6)97(133)117-81(103(139)140)41-28-30-52-111-105(142)145-60-73-33-24-26-39-77(73)109)122-100(136)87(62-149-61-71-45-43-68(11)44-46-71)123-92(128)78(40-27-29-51-110-104(141)144-59-72-32-23-25-38-76(72)108)115-96(132)83(55-64(3)4)120-98(134)86(58-67(9)10)119-94(130)80(48-50-90(126)147-75-36-21-18-22-37-75)116-101(137)88-42-31-53-124(88)102(138)70(13)113-106(143)148-107(14,15)16/h23-26,32-33,38-39,43-46,63-67,69-70,74-75,78-88H,17-22,27-31,34-37,40-42,47-62H2,1-16H3,(H,110,141)(H,111,142)(H,112,131)(H,113,143)(H,114,127)(H,115,132)(H,116,137)(H,117,133)(H,118,129)(H,119,130)(H,120,134)(H,121,135)(H,122,136)(H,123,128)(H,139,140)/t69-,70+,78-,79-,80-,81-,82-,83-,84-,85-,86-,87-,88-/m0/s1. The minimum Gasteiger partial charge on any atom is -0.480 e. The van der Waals surface area contributed by atoms with Gasteiger partial charge in [-0.25, -0.2) is 19.2 Å². The lowest BCUT2D eigenvalue weighted by Crippen LogP contribution is -2.61. The van der Waals surface area contributed by atoms with Crippen LogP contribution in [0.3, 0.4) is 0 Å². The molecule has 0 unspecified atom stereocenters. The predicted octanol–water partition coefficient (Wildman–Crippen LogP) is 11.6. The predicted molar refractivity (Wildman–Crippen MR) is 564 cm³/mol. The second-order valence-electron chi connectivity index (χ2n) is 42.1. The Labute approximate surface area is 890 Å². The molecular formula is C107H163Cl2N15O24S. The summed E-state index contributed by atoms with van der Waals surface area (Å²) in [6.07, 6.45) is 4.45. The fraction of sp³-hybridized carbons (Fsp3) is 0.664. The van der Waals surface area contributed by atoms with Gasteiger partial charge in [0.05, 0.1) is 0 Å². The van der Waals surface area contributed by atoms with Crippen molar-refractivity contribution in [1.82, 2.24) is 79.3 Å². The summed E-state index contributed by atoms with van der Waals surface area (Å²) in [7, 11) is 0. The first-order valence-corrected chi connectivity index (χ1v) is 54.6. The number of amides is 15. The molecule has 1 heterocycles. The Bertz CT molecular complexity index is 4880. The highest BCUT2D eigenvalue weighted by atomic mass is 35.5. The lowest BCUT2D eigenvalue weighted by molar-refractivity contribution is -0.152. The number of rotatable bonds is 61. The molecule has 0 radical (unpaired) electrons. The van der Waals surface area contributed by atoms with E-state index in [0.29, 0.717) is 65.4 Å². The highest BCUT2D eigenvalue weighted by Crippen LogP contribution is 2.28. The zero-order valence-corrected chi connectivity index (χ0v) is 91.8. The molecule has 3 aromatic rings. The van der Waals surface area contributed by atoms with Crippen LogP contribution in [-0.4, -0.2) is 239 Å². The fourth-order valence-electron chi connectivity index (χ4n) is 17.3. The summed E-state index contributed by atoms with van der Waals surface area (Å²) >= 11 is 13.8. The number of carbonyl (C=O) groups is 18. The van der Waals surface area contributed by atoms with Crippen molar-refractivity contribution >= 4 is 142 Å². The highest BCUT2D eigenvalue weighted by molar-refractivity contribution is 7.98. The Morgan fingerprint density at radius 2 is 0.745 bits per heavy atom. The van der Waals surface area contributed by atoms with Crippen LogP contribution in [0.15, 0.2) is 72.8 Å². The SMILES string of the molecule is Cc1ccc(CSC[C@H](NC(=O)[C@H](CCCCNC(=O)OCc2ccccc2Cl)NC(=O)[C@H](CC(C)C)NC(=O)[C@H](CC(C)C)NC(=O)[C@H](CCC(=O)OC2CCCCC2)NC(=O)[C@@H]2CCCN2C(=O)[C@@H](C)NC(=O)OC(C)(C)C)C(=O)N[C@@H](CC(C)C)C(=O)N[C@@H](C)C(=O)N[C@@H](CCC(=O)OC2CCCCC2)C(=O)N[C@@H](CC(C)C)C(=O)N[C@@H](CC(C)C)C(=O)N[C@@H](CCCCNC(=O)OCc2ccccc2Cl)C(=O)O)cc1. The molecule has 0 aromatic heterocycles. The van der Waals surface area contributed by atoms with Gasteiger partial charge in [0.2, 0.25) is 70.9 Å². The maximum atomic E-state index is 15.5. The largest absolute Gasteiger partial charge is 0.480 e. The quantitative estimate of drug-likeness (QED) is 0.0142. The third-order valence-corrected chi connectivity index (χ3v) is 27.0. The van der Waals surface area contributed by atoms with Gasteiger partial charge >= 0.3 is 36.2 Å². The summed E-state index contributed by atoms with van der Waals surface area (Å²) in [6, 6.07) is 2.99. The van der Waals surface area contributed by atoms with Gasteiger partial charge < -0.3 is 108 Å². The molecule has 42 heteroatoms. The number of carboxylic acids is 1. The van der Waals surface area contributed by atoms with Gasteiger partial charge in [0.15, 0.2) is 0 Å². The molecular weight excluding hydrogens is 1980 g/mol. The normalized spacial score (nSPS) is 16.3. The van der Waals surface area contributed by atoms with E-state index in [9.17, 15) is 72.2 Å². The van der Waals surface area contributed by atoms with E-state index in [0.717, 1.165) is 49.7 Å². The van der Waals surface area contributed by atoms with Crippen LogP contribution in [0.5, 0.6) is 0 Å². The van der Waals surface area contributed by atoms with E-state index < -0.39 is 198 Å². The minimum atomic E-state index is -1.59. The molecule has 0 spiro atoms. The maximum Gasteiger partial charge on any atom is 0.408 e. The van der Waals surface area contributed by atoms with E-state index in [1.54, 1.807) is 139 Å². The molecule has 3 fully saturated rings. The molecule has 15 N–H and O–H groups in total. The molecule has 39 nitrogen and oxygen atoms in total. The summed E-state index contributed by atoms with van der Waals surface area (Å²) in [6.45, 7) is 27.5. The van der Waals surface area contributed by atoms with Gasteiger partial charge in [0, 0.05) is 65.2 Å². The van der Waals surface area contributed by atoms with Crippen LogP contribution in [-0.2, 0) is 115 Å². The number of halogens is 2. The average Bonchev–Trinajstić information content (AvgIpc) is 1.68. The molecule has 13 atom stereocenters. The molecule has 3 aliphatic rings. The lowest BCUT2D eigenvalue weighted by atomic mass is 9.98. The van der Waals surface area contributed by atoms with Crippen LogP contribution < -0.4 is 74.4 Å². The number of aliphatic carboxylic acids is 1. The van der Waals surface area contributed by atoms with E-state index in [4.69, 9.17) is 46.9 Å². The number of esters is 2. The van der Waals surface area contributed by atoms with Crippen molar-refractivity contribution in [2.24, 2.45) is 29.6 Å². The smallest absolute Gasteiger partial charge is 0.408 e. The molecule has 1 saturated heterocycles. The Kier molecular flexibility index (Phi) is 55.5. The van der Waals surface area contributed by atoms with Crippen molar-refractivity contribution in [3.63, 3.8) is 0 Å². The number of thioether (sulfide) groups is 1. The molecule has 149 heavy (non-hydrogen) atoms. The Balaban J connectivity index is 1.26. The van der Waals surface area contributed by atoms with E-state index in [1.807, 2.05) is 31.2 Å². The Morgan fingerprint density at radius 3 is 1.15 bits per heavy atom. The Hall–Kier alpha value is -11.6. The lowest BCUT2D eigenvalue weighted by Gasteiger charge is -2.30. The fourth-order valence-corrected chi connectivity index (χ4v) is 18.7. The first-order chi connectivity index (χ1) is 70.5. The number of likely N-dealkylation sites (tertiary alicyclic amines) is 1. The molecule has 2 aliphatic carbocycles. The molecule has 1 aliphatic heterocycles. The summed E-state index contributed by atoms with van der Waals surface area (Å²) in [4.78, 5) is 258. The number of alkyl carbamates (subject to hydrolysis) is 3. The first kappa shape index (κ1) is 126. The van der Waals surface area contributed by atoms with E-state index in [1.165, 1.54) is 30.5 Å². The van der Waals surface area contributed by atoms with Gasteiger partial charge in [-0.2, -0.15) is 11.8 Å². The molecule has 830 valence electrons. The second-order valence-corrected chi connectivity index (χ2v) is 44.0. The monoisotopic (exact) mass is 2140 g/mol. The minimum absolute atomic E-state index is 0.0123. The number of benzene rings is 3. The number of ether oxygens (including phenoxy) is 5. The Morgan fingerprint density at radius 1 is 0.389 bits per heavy atom. The van der Waals surface area contributed by atoms with Crippen molar-refractivity contribution in [3.05, 3.63) is 105 Å². The summed E-state index contributed by atoms with van der Waals surface area (Å²) in [5.41, 5.74) is 2.09. The van der Waals surface area contributed by atoms with Gasteiger partial charge in [-0.1, -0.05) is 172 Å². The van der Waals surface area contributed by atoms with E-state index >= 15 is 19.2 Å². The number of hydrogen-bond acceptors (Lipinski definition) is 24. The van der Waals surface area contributed by atoms with Crippen LogP contribution in [0.2, 0.25) is 10.0 Å². The van der Waals surface area contributed by atoms with Gasteiger partial charge in [0.1, 0.15) is 110 Å². The number of nitrogens with one attached hydrogen (secondary N) is 14. The van der Waals surface area contributed by atoms with Crippen LogP contribution in [0.25, 0.3) is 0 Å². The van der Waals surface area contributed by atoms with Crippen LogP contribution >= 0.6 is 35.0 Å². The van der Waals surface area contributed by atoms with Crippen LogP contribution in [0, 0.1) is 36.5 Å². The summed E-state index contributed by atoms with van der Waals surface area (Å²) in [5, 5.41) is 49.1. The number of carboxylic acid groups (broad SMARTS) is 1. The zero-order valence-electron chi connectivity index (χ0n) is 89.5. The third-order valence-electron chi connectivity index (χ3n) is 25.2. The third kappa shape index (κ3) is 48.5. The van der Waals surface area contributed by atoms with Gasteiger partial charge in [-0.15, -0.1) is 0 Å². The molecule has 0 bridgehead atoms. The summed E-state index contributed by atoms with van der Waals surface area (Å²) < 4.78 is 27.7. The van der Waals surface area contributed by atoms with Gasteiger partial charge in [0.25, 0.3) is 0 Å². The number of unbranched alkanes of at least 4 members (excludes halogenated alkanes) is 2. The van der Waals surface area contributed by atoms with E-state index in [2.05, 4.69) is 74.4 Å². The molecule has 2 saturated carbocycles. The van der Waals surface area contributed by atoms with E-state index in [-0.39, 0.29) is 170 Å². The van der Waals surface area contributed by atoms with Crippen molar-refractivity contribution in [3.8, 4) is 0 Å². The topological polar surface area (TPSA) is 545 Å². The van der Waals surface area contributed by atoms with Gasteiger partial charge in [-0.05, 0) is 237 Å². The van der Waals surface area contributed by atoms with Crippen molar-refractivity contribution in [1.29, 1.82) is 0 Å². The van der Waals surface area contributed by atoms with Crippen molar-refractivity contribution in [2.45, 2.75) is 399 Å². The number of nitrogens with zero attached hydrogens (tertiary/aromatic N) is 1. The number of aryl methyl sites for hydroxylation is 1. The zero-order chi connectivity index (χ0) is 110. The van der Waals surface area contributed by atoms with Crippen LogP contribution in [0.4, 0.5) is 14.4 Å². The van der Waals surface area contributed by atoms with Crippen molar-refractivity contribution in [2.75, 3.05) is 25.4 Å². The molecule has 15 amide bonds. The average molecular weight is 2150 g/mol. The molecule has 6 rings (SSSR count). The summed E-state index contributed by atoms with van der Waals surface area (Å²) in [5.74, 6) is -14.1. The van der Waals surface area contributed by atoms with Gasteiger partial charge in [-0.3, -0.25) is 67.1 Å². The second kappa shape index (κ2) is 65.5. The van der Waals surface area contributed by atoms with Crippen LogP contribution in [0.1, 0.15) is 299 Å². The first-order valence-electron chi connectivity index (χ1n) is 52.7.